The van der Waals surface area contributed by atoms with Gasteiger partial charge in [0.2, 0.25) is 0 Å². The Kier molecular flexibility index (Phi) is 4.56. The predicted octanol–water partition coefficient (Wildman–Crippen LogP) is 2.56. The Morgan fingerprint density at radius 1 is 1.39 bits per heavy atom. The van der Waals surface area contributed by atoms with E-state index in [1.807, 2.05) is 6.07 Å². The molecule has 98 valence electrons. The van der Waals surface area contributed by atoms with E-state index in [-0.39, 0.29) is 0 Å². The number of pyridine rings is 1. The van der Waals surface area contributed by atoms with Crippen LogP contribution in [0.3, 0.4) is 0 Å². The lowest BCUT2D eigenvalue weighted by atomic mass is 9.87. The Hall–Kier alpha value is -1.58. The first-order valence-electron chi connectivity index (χ1n) is 6.75. The molecule has 0 bridgehead atoms. The van der Waals surface area contributed by atoms with Crippen molar-refractivity contribution in [2.75, 3.05) is 11.9 Å². The molecule has 0 saturated heterocycles. The Bertz CT molecular complexity index is 400. The van der Waals surface area contributed by atoms with Crippen LogP contribution < -0.4 is 11.1 Å². The van der Waals surface area contributed by atoms with Crippen LogP contribution in [-0.2, 0) is 0 Å². The lowest BCUT2D eigenvalue weighted by Crippen LogP contribution is -2.14. The van der Waals surface area contributed by atoms with Crippen LogP contribution in [0.25, 0.3) is 0 Å². The molecule has 0 unspecified atom stereocenters. The van der Waals surface area contributed by atoms with Gasteiger partial charge in [0.15, 0.2) is 0 Å². The standard InChI is InChI=1S/C14H21N3O/c15-14(18)13-10-12(7-9-17-13)16-8-6-11-4-2-1-3-5-11/h7,9-11H,1-6,8H2,(H2,15,18)(H,16,17). The van der Waals surface area contributed by atoms with Crippen LogP contribution in [-0.4, -0.2) is 17.4 Å². The first-order chi connectivity index (χ1) is 8.75. The third-order valence-electron chi connectivity index (χ3n) is 3.62. The van der Waals surface area contributed by atoms with Crippen molar-refractivity contribution in [3.8, 4) is 0 Å². The van der Waals surface area contributed by atoms with Crippen molar-refractivity contribution >= 4 is 11.6 Å². The lowest BCUT2D eigenvalue weighted by Gasteiger charge is -2.21. The largest absolute Gasteiger partial charge is 0.385 e. The summed E-state index contributed by atoms with van der Waals surface area (Å²) in [6.45, 7) is 0.951. The maximum absolute atomic E-state index is 11.0. The Morgan fingerprint density at radius 2 is 2.17 bits per heavy atom. The number of nitrogens with zero attached hydrogens (tertiary/aromatic N) is 1. The number of carbonyl (C=O) groups is 1. The highest BCUT2D eigenvalue weighted by molar-refractivity contribution is 5.91. The van der Waals surface area contributed by atoms with Crippen LogP contribution in [0.1, 0.15) is 49.0 Å². The molecular formula is C14H21N3O. The highest BCUT2D eigenvalue weighted by atomic mass is 16.1. The minimum Gasteiger partial charge on any atom is -0.385 e. The van der Waals surface area contributed by atoms with Gasteiger partial charge in [0.25, 0.3) is 5.91 Å². The zero-order valence-corrected chi connectivity index (χ0v) is 10.7. The molecule has 4 nitrogen and oxygen atoms in total. The van der Waals surface area contributed by atoms with E-state index in [0.29, 0.717) is 5.69 Å². The summed E-state index contributed by atoms with van der Waals surface area (Å²) in [4.78, 5) is 14.9. The van der Waals surface area contributed by atoms with Crippen molar-refractivity contribution in [1.82, 2.24) is 4.98 Å². The minimum atomic E-state index is -0.481. The number of hydrogen-bond acceptors (Lipinski definition) is 3. The molecule has 2 rings (SSSR count). The van der Waals surface area contributed by atoms with Gasteiger partial charge in [0.1, 0.15) is 5.69 Å². The second-order valence-electron chi connectivity index (χ2n) is 5.01. The molecule has 1 heterocycles. The van der Waals surface area contributed by atoms with E-state index in [1.54, 1.807) is 12.3 Å². The van der Waals surface area contributed by atoms with Crippen LogP contribution in [0.5, 0.6) is 0 Å². The van der Waals surface area contributed by atoms with Crippen molar-refractivity contribution in [2.24, 2.45) is 11.7 Å². The van der Waals surface area contributed by atoms with Crippen LogP contribution in [0.2, 0.25) is 0 Å². The van der Waals surface area contributed by atoms with Crippen LogP contribution in [0, 0.1) is 5.92 Å². The molecule has 0 aliphatic heterocycles. The van der Waals surface area contributed by atoms with Gasteiger partial charge in [0.05, 0.1) is 0 Å². The molecular weight excluding hydrogens is 226 g/mol. The molecule has 18 heavy (non-hydrogen) atoms. The first-order valence-corrected chi connectivity index (χ1v) is 6.75. The number of hydrogen-bond donors (Lipinski definition) is 2. The smallest absolute Gasteiger partial charge is 0.267 e. The number of anilines is 1. The Balaban J connectivity index is 1.78. The van der Waals surface area contributed by atoms with Gasteiger partial charge in [-0.3, -0.25) is 9.78 Å². The summed E-state index contributed by atoms with van der Waals surface area (Å²) < 4.78 is 0. The van der Waals surface area contributed by atoms with Gasteiger partial charge in [-0.2, -0.15) is 0 Å². The normalized spacial score (nSPS) is 16.4. The van der Waals surface area contributed by atoms with Crippen molar-refractivity contribution in [1.29, 1.82) is 0 Å². The maximum atomic E-state index is 11.0. The number of aromatic nitrogens is 1. The van der Waals surface area contributed by atoms with Crippen LogP contribution in [0.4, 0.5) is 5.69 Å². The van der Waals surface area contributed by atoms with E-state index in [0.717, 1.165) is 18.2 Å². The van der Waals surface area contributed by atoms with Crippen LogP contribution >= 0.6 is 0 Å². The fourth-order valence-corrected chi connectivity index (χ4v) is 2.57. The monoisotopic (exact) mass is 247 g/mol. The number of carbonyl (C=O) groups excluding carboxylic acids is 1. The van der Waals surface area contributed by atoms with Crippen molar-refractivity contribution in [3.63, 3.8) is 0 Å². The van der Waals surface area contributed by atoms with E-state index in [2.05, 4.69) is 10.3 Å². The molecule has 1 aliphatic rings. The van der Waals surface area contributed by atoms with E-state index < -0.39 is 5.91 Å². The third-order valence-corrected chi connectivity index (χ3v) is 3.62. The van der Waals surface area contributed by atoms with Gasteiger partial charge in [-0.05, 0) is 24.5 Å². The molecule has 4 heteroatoms. The maximum Gasteiger partial charge on any atom is 0.267 e. The fraction of sp³-hybridized carbons (Fsp3) is 0.571. The predicted molar refractivity (Wildman–Crippen MR) is 72.4 cm³/mol. The van der Waals surface area contributed by atoms with Crippen molar-refractivity contribution in [3.05, 3.63) is 24.0 Å². The number of nitrogens with one attached hydrogen (secondary N) is 1. The van der Waals surface area contributed by atoms with E-state index in [9.17, 15) is 4.79 Å². The van der Waals surface area contributed by atoms with Gasteiger partial charge in [-0.25, -0.2) is 0 Å². The summed E-state index contributed by atoms with van der Waals surface area (Å²) in [6.07, 6.45) is 9.71. The molecule has 0 aromatic carbocycles. The average Bonchev–Trinajstić information content (AvgIpc) is 2.40. The first kappa shape index (κ1) is 12.9. The molecule has 0 radical (unpaired) electrons. The molecule has 1 saturated carbocycles. The summed E-state index contributed by atoms with van der Waals surface area (Å²) in [5, 5.41) is 3.34. The molecule has 1 aliphatic carbocycles. The molecule has 1 aromatic heterocycles. The second kappa shape index (κ2) is 6.38. The second-order valence-corrected chi connectivity index (χ2v) is 5.01. The summed E-state index contributed by atoms with van der Waals surface area (Å²) in [6, 6.07) is 3.58. The summed E-state index contributed by atoms with van der Waals surface area (Å²) in [5.74, 6) is 0.384. The number of primary amides is 1. The number of nitrogens with two attached hydrogens (primary N) is 1. The summed E-state index contributed by atoms with van der Waals surface area (Å²) >= 11 is 0. The molecule has 1 aromatic rings. The highest BCUT2D eigenvalue weighted by Crippen LogP contribution is 2.26. The molecule has 0 atom stereocenters. The van der Waals surface area contributed by atoms with Gasteiger partial charge in [0, 0.05) is 18.4 Å². The van der Waals surface area contributed by atoms with Gasteiger partial charge >= 0.3 is 0 Å². The number of rotatable bonds is 5. The quantitative estimate of drug-likeness (QED) is 0.840. The Labute approximate surface area is 108 Å². The zero-order valence-electron chi connectivity index (χ0n) is 10.7. The summed E-state index contributed by atoms with van der Waals surface area (Å²) in [7, 11) is 0. The molecule has 0 spiro atoms. The molecule has 1 fully saturated rings. The van der Waals surface area contributed by atoms with E-state index >= 15 is 0 Å². The molecule has 3 N–H and O–H groups in total. The van der Waals surface area contributed by atoms with Crippen molar-refractivity contribution in [2.45, 2.75) is 38.5 Å². The minimum absolute atomic E-state index is 0.317. The topological polar surface area (TPSA) is 68.0 Å². The van der Waals surface area contributed by atoms with Crippen LogP contribution in [0.15, 0.2) is 18.3 Å². The summed E-state index contributed by atoms with van der Waals surface area (Å²) in [5.41, 5.74) is 6.44. The Morgan fingerprint density at radius 3 is 2.89 bits per heavy atom. The van der Waals surface area contributed by atoms with E-state index in [1.165, 1.54) is 38.5 Å². The average molecular weight is 247 g/mol. The molecule has 1 amide bonds. The highest BCUT2D eigenvalue weighted by Gasteiger charge is 2.12. The SMILES string of the molecule is NC(=O)c1cc(NCCC2CCCCC2)ccn1. The van der Waals surface area contributed by atoms with Gasteiger partial charge in [-0.15, -0.1) is 0 Å². The van der Waals surface area contributed by atoms with Crippen molar-refractivity contribution < 1.29 is 4.79 Å². The van der Waals surface area contributed by atoms with Gasteiger partial charge in [-0.1, -0.05) is 32.1 Å². The fourth-order valence-electron chi connectivity index (χ4n) is 2.57. The number of amides is 1. The lowest BCUT2D eigenvalue weighted by molar-refractivity contribution is 0.0995. The zero-order chi connectivity index (χ0) is 12.8. The third kappa shape index (κ3) is 3.72. The van der Waals surface area contributed by atoms with E-state index in [4.69, 9.17) is 5.73 Å². The van der Waals surface area contributed by atoms with Gasteiger partial charge < -0.3 is 11.1 Å².